The van der Waals surface area contributed by atoms with Gasteiger partial charge in [-0.25, -0.2) is 0 Å². The maximum Gasteiger partial charge on any atom is 0.0110 e. The first-order chi connectivity index (χ1) is 7.75. The molecule has 1 saturated heterocycles. The highest BCUT2D eigenvalue weighted by Crippen LogP contribution is 2.29. The van der Waals surface area contributed by atoms with E-state index in [0.717, 1.165) is 18.9 Å². The highest BCUT2D eigenvalue weighted by molar-refractivity contribution is 5.20. The van der Waals surface area contributed by atoms with Gasteiger partial charge in [0.15, 0.2) is 0 Å². The second kappa shape index (κ2) is 5.31. The number of hydrogen-bond donors (Lipinski definition) is 1. The van der Waals surface area contributed by atoms with Crippen molar-refractivity contribution in [1.29, 1.82) is 0 Å². The van der Waals surface area contributed by atoms with E-state index in [1.165, 1.54) is 24.0 Å². The van der Waals surface area contributed by atoms with Gasteiger partial charge in [-0.1, -0.05) is 35.9 Å². The highest BCUT2D eigenvalue weighted by atomic mass is 14.9. The summed E-state index contributed by atoms with van der Waals surface area (Å²) in [5, 5.41) is 3.59. The summed E-state index contributed by atoms with van der Waals surface area (Å²) in [4.78, 5) is 0. The van der Waals surface area contributed by atoms with Gasteiger partial charge in [0.1, 0.15) is 0 Å². The fourth-order valence-corrected chi connectivity index (χ4v) is 2.61. The Morgan fingerprint density at radius 2 is 2.12 bits per heavy atom. The van der Waals surface area contributed by atoms with Crippen molar-refractivity contribution >= 4 is 0 Å². The minimum absolute atomic E-state index is 0.622. The molecule has 1 nitrogen and oxygen atoms in total. The number of rotatable bonds is 3. The van der Waals surface area contributed by atoms with Crippen LogP contribution in [-0.2, 0) is 0 Å². The molecule has 0 spiro atoms. The third-order valence-electron chi connectivity index (χ3n) is 3.36. The Labute approximate surface area is 98.6 Å². The van der Waals surface area contributed by atoms with Gasteiger partial charge < -0.3 is 5.32 Å². The van der Waals surface area contributed by atoms with Crippen LogP contribution < -0.4 is 5.32 Å². The Balaban J connectivity index is 1.99. The lowest BCUT2D eigenvalue weighted by molar-refractivity contribution is 0.360. The van der Waals surface area contributed by atoms with Crippen LogP contribution in [0.4, 0.5) is 0 Å². The number of hydrogen-bond acceptors (Lipinski definition) is 1. The SMILES string of the molecule is C=C(C)C[C@H]1C[C@H](c2ccccc2)CCN1. The van der Waals surface area contributed by atoms with Crippen LogP contribution in [0.1, 0.15) is 37.7 Å². The molecule has 86 valence electrons. The first-order valence-electron chi connectivity index (χ1n) is 6.18. The van der Waals surface area contributed by atoms with Gasteiger partial charge in [0, 0.05) is 6.04 Å². The lowest BCUT2D eigenvalue weighted by Crippen LogP contribution is -2.37. The van der Waals surface area contributed by atoms with Crippen LogP contribution >= 0.6 is 0 Å². The predicted octanol–water partition coefficient (Wildman–Crippen LogP) is 3.49. The lowest BCUT2D eigenvalue weighted by Gasteiger charge is -2.30. The van der Waals surface area contributed by atoms with E-state index in [4.69, 9.17) is 0 Å². The molecule has 1 aromatic rings. The van der Waals surface area contributed by atoms with Crippen LogP contribution in [-0.4, -0.2) is 12.6 Å². The maximum absolute atomic E-state index is 4.01. The maximum atomic E-state index is 4.01. The highest BCUT2D eigenvalue weighted by Gasteiger charge is 2.22. The summed E-state index contributed by atoms with van der Waals surface area (Å²) in [5.74, 6) is 0.729. The van der Waals surface area contributed by atoms with Gasteiger partial charge in [-0.3, -0.25) is 0 Å². The molecule has 1 aliphatic heterocycles. The Kier molecular flexibility index (Phi) is 3.79. The normalized spacial score (nSPS) is 25.3. The molecule has 0 bridgehead atoms. The van der Waals surface area contributed by atoms with Crippen molar-refractivity contribution in [2.75, 3.05) is 6.54 Å². The Morgan fingerprint density at radius 1 is 1.38 bits per heavy atom. The molecule has 0 aromatic heterocycles. The van der Waals surface area contributed by atoms with Crippen molar-refractivity contribution in [1.82, 2.24) is 5.32 Å². The van der Waals surface area contributed by atoms with Crippen LogP contribution in [0, 0.1) is 0 Å². The van der Waals surface area contributed by atoms with E-state index in [1.807, 2.05) is 0 Å². The molecule has 1 N–H and O–H groups in total. The van der Waals surface area contributed by atoms with Gasteiger partial charge in [-0.2, -0.15) is 0 Å². The third-order valence-corrected chi connectivity index (χ3v) is 3.36. The number of nitrogens with one attached hydrogen (secondary N) is 1. The molecule has 0 unspecified atom stereocenters. The summed E-state index contributed by atoms with van der Waals surface area (Å²) in [6.45, 7) is 7.26. The van der Waals surface area contributed by atoms with E-state index < -0.39 is 0 Å². The molecule has 0 aliphatic carbocycles. The second-order valence-corrected chi connectivity index (χ2v) is 4.94. The van der Waals surface area contributed by atoms with E-state index in [2.05, 4.69) is 49.2 Å². The molecule has 2 rings (SSSR count). The Bertz CT molecular complexity index is 342. The summed E-state index contributed by atoms with van der Waals surface area (Å²) in [7, 11) is 0. The van der Waals surface area contributed by atoms with Crippen molar-refractivity contribution in [3.05, 3.63) is 48.0 Å². The molecule has 0 amide bonds. The van der Waals surface area contributed by atoms with E-state index in [9.17, 15) is 0 Å². The van der Waals surface area contributed by atoms with Crippen molar-refractivity contribution in [3.8, 4) is 0 Å². The third kappa shape index (κ3) is 2.96. The molecular formula is C15H21N. The number of piperidine rings is 1. The van der Waals surface area contributed by atoms with E-state index in [-0.39, 0.29) is 0 Å². The molecule has 1 fully saturated rings. The second-order valence-electron chi connectivity index (χ2n) is 4.94. The van der Waals surface area contributed by atoms with E-state index in [1.54, 1.807) is 0 Å². The molecule has 16 heavy (non-hydrogen) atoms. The Hall–Kier alpha value is -1.08. The van der Waals surface area contributed by atoms with E-state index in [0.29, 0.717) is 6.04 Å². The van der Waals surface area contributed by atoms with Crippen molar-refractivity contribution in [3.63, 3.8) is 0 Å². The Morgan fingerprint density at radius 3 is 2.81 bits per heavy atom. The topological polar surface area (TPSA) is 12.0 Å². The quantitative estimate of drug-likeness (QED) is 0.761. The van der Waals surface area contributed by atoms with Crippen molar-refractivity contribution in [2.24, 2.45) is 0 Å². The zero-order chi connectivity index (χ0) is 11.4. The molecular weight excluding hydrogens is 194 g/mol. The summed E-state index contributed by atoms with van der Waals surface area (Å²) >= 11 is 0. The first-order valence-corrected chi connectivity index (χ1v) is 6.18. The first kappa shape index (κ1) is 11.4. The van der Waals surface area contributed by atoms with Crippen LogP contribution in [0.2, 0.25) is 0 Å². The van der Waals surface area contributed by atoms with Gasteiger partial charge in [0.2, 0.25) is 0 Å². The van der Waals surface area contributed by atoms with Crippen molar-refractivity contribution < 1.29 is 0 Å². The monoisotopic (exact) mass is 215 g/mol. The fraction of sp³-hybridized carbons (Fsp3) is 0.467. The predicted molar refractivity (Wildman–Crippen MR) is 69.6 cm³/mol. The summed E-state index contributed by atoms with van der Waals surface area (Å²) in [6, 6.07) is 11.5. The summed E-state index contributed by atoms with van der Waals surface area (Å²) in [5.41, 5.74) is 2.78. The molecule has 1 heterocycles. The van der Waals surface area contributed by atoms with Gasteiger partial charge in [0.25, 0.3) is 0 Å². The van der Waals surface area contributed by atoms with Crippen LogP contribution in [0.25, 0.3) is 0 Å². The van der Waals surface area contributed by atoms with Crippen LogP contribution in [0.3, 0.4) is 0 Å². The van der Waals surface area contributed by atoms with Gasteiger partial charge in [-0.15, -0.1) is 6.58 Å². The van der Waals surface area contributed by atoms with Gasteiger partial charge >= 0.3 is 0 Å². The van der Waals surface area contributed by atoms with Gasteiger partial charge in [-0.05, 0) is 44.2 Å². The van der Waals surface area contributed by atoms with Crippen LogP contribution in [0.15, 0.2) is 42.5 Å². The molecule has 1 aromatic carbocycles. The van der Waals surface area contributed by atoms with Gasteiger partial charge in [0.05, 0.1) is 0 Å². The lowest BCUT2D eigenvalue weighted by atomic mass is 9.85. The smallest absolute Gasteiger partial charge is 0.0110 e. The molecule has 2 atom stereocenters. The standard InChI is InChI=1S/C15H21N/c1-12(2)10-15-11-14(8-9-16-15)13-6-4-3-5-7-13/h3-7,14-16H,1,8-11H2,2H3/t14-,15+/m1/s1. The molecule has 1 heteroatoms. The molecule has 1 aliphatic rings. The average Bonchev–Trinajstić information content (AvgIpc) is 2.30. The molecule has 0 radical (unpaired) electrons. The number of benzene rings is 1. The summed E-state index contributed by atoms with van der Waals surface area (Å²) < 4.78 is 0. The average molecular weight is 215 g/mol. The zero-order valence-corrected chi connectivity index (χ0v) is 10.1. The molecule has 0 saturated carbocycles. The summed E-state index contributed by atoms with van der Waals surface area (Å²) in [6.07, 6.45) is 3.62. The van der Waals surface area contributed by atoms with E-state index >= 15 is 0 Å². The van der Waals surface area contributed by atoms with Crippen LogP contribution in [0.5, 0.6) is 0 Å². The largest absolute Gasteiger partial charge is 0.314 e. The fourth-order valence-electron chi connectivity index (χ4n) is 2.61. The van der Waals surface area contributed by atoms with Crippen molar-refractivity contribution in [2.45, 2.75) is 38.1 Å². The minimum atomic E-state index is 0.622. The minimum Gasteiger partial charge on any atom is -0.314 e. The zero-order valence-electron chi connectivity index (χ0n) is 10.1.